The second-order valence-electron chi connectivity index (χ2n) is 3.05. The zero-order valence-corrected chi connectivity index (χ0v) is 10.1. The highest BCUT2D eigenvalue weighted by molar-refractivity contribution is 9.10. The number of phenolic OH excluding ortho intramolecular Hbond substituents is 1. The van der Waals surface area contributed by atoms with Crippen LogP contribution in [0.25, 0.3) is 0 Å². The molecule has 1 aromatic carbocycles. The van der Waals surface area contributed by atoms with Crippen LogP contribution in [0.3, 0.4) is 0 Å². The van der Waals surface area contributed by atoms with E-state index in [9.17, 15) is 5.11 Å². The number of hydrogen-bond acceptors (Lipinski definition) is 3. The molecule has 0 saturated carbocycles. The number of rotatable bonds is 3. The zero-order chi connectivity index (χ0) is 10.7. The largest absolute Gasteiger partial charge is 0.504 e. The molecule has 3 nitrogen and oxygen atoms in total. The molecule has 0 fully saturated rings. The Morgan fingerprint density at radius 3 is 2.71 bits per heavy atom. The molecule has 0 saturated heterocycles. The summed E-state index contributed by atoms with van der Waals surface area (Å²) >= 11 is 3.42. The molecule has 0 bridgehead atoms. The van der Waals surface area contributed by atoms with E-state index in [0.29, 0.717) is 12.3 Å². The highest BCUT2D eigenvalue weighted by atomic mass is 79.9. The molecule has 0 aromatic heterocycles. The fraction of sp³-hybridized carbons (Fsp3) is 0.400. The Labute approximate surface area is 92.2 Å². The van der Waals surface area contributed by atoms with Crippen molar-refractivity contribution < 1.29 is 9.84 Å². The van der Waals surface area contributed by atoms with E-state index in [4.69, 9.17) is 4.74 Å². The SMILES string of the molecule is CNCc1cc(Br)c(C)c(OC)c1O. The van der Waals surface area contributed by atoms with Gasteiger partial charge in [0.05, 0.1) is 7.11 Å². The minimum Gasteiger partial charge on any atom is -0.504 e. The third kappa shape index (κ3) is 2.01. The quantitative estimate of drug-likeness (QED) is 0.875. The lowest BCUT2D eigenvalue weighted by molar-refractivity contribution is 0.367. The molecule has 14 heavy (non-hydrogen) atoms. The van der Waals surface area contributed by atoms with Crippen molar-refractivity contribution in [2.75, 3.05) is 14.2 Å². The van der Waals surface area contributed by atoms with Gasteiger partial charge in [0.15, 0.2) is 11.5 Å². The lowest BCUT2D eigenvalue weighted by Crippen LogP contribution is -2.06. The molecule has 0 aliphatic rings. The van der Waals surface area contributed by atoms with Crippen LogP contribution in [0.15, 0.2) is 10.5 Å². The van der Waals surface area contributed by atoms with Crippen LogP contribution in [0.4, 0.5) is 0 Å². The van der Waals surface area contributed by atoms with Crippen molar-refractivity contribution in [1.29, 1.82) is 0 Å². The van der Waals surface area contributed by atoms with Gasteiger partial charge in [0, 0.05) is 22.1 Å². The van der Waals surface area contributed by atoms with Gasteiger partial charge in [0.25, 0.3) is 0 Å². The maximum absolute atomic E-state index is 9.84. The summed E-state index contributed by atoms with van der Waals surface area (Å²) in [5, 5.41) is 12.8. The molecule has 0 amide bonds. The third-order valence-electron chi connectivity index (χ3n) is 2.09. The summed E-state index contributed by atoms with van der Waals surface area (Å²) in [5.74, 6) is 0.743. The molecule has 0 radical (unpaired) electrons. The van der Waals surface area contributed by atoms with Crippen molar-refractivity contribution in [3.8, 4) is 11.5 Å². The van der Waals surface area contributed by atoms with Crippen molar-refractivity contribution in [3.63, 3.8) is 0 Å². The van der Waals surface area contributed by atoms with E-state index >= 15 is 0 Å². The molecule has 0 aliphatic carbocycles. The Bertz CT molecular complexity index is 339. The average molecular weight is 260 g/mol. The summed E-state index contributed by atoms with van der Waals surface area (Å²) in [6.07, 6.45) is 0. The first kappa shape index (κ1) is 11.3. The number of hydrogen-bond donors (Lipinski definition) is 2. The Kier molecular flexibility index (Phi) is 3.77. The molecule has 78 valence electrons. The minimum absolute atomic E-state index is 0.211. The lowest BCUT2D eigenvalue weighted by Gasteiger charge is -2.13. The second-order valence-corrected chi connectivity index (χ2v) is 3.91. The van der Waals surface area contributed by atoms with E-state index in [2.05, 4.69) is 21.2 Å². The first-order valence-corrected chi connectivity index (χ1v) is 5.10. The van der Waals surface area contributed by atoms with Gasteiger partial charge in [-0.3, -0.25) is 0 Å². The van der Waals surface area contributed by atoms with Gasteiger partial charge in [-0.1, -0.05) is 15.9 Å². The zero-order valence-electron chi connectivity index (χ0n) is 8.52. The molecule has 0 heterocycles. The van der Waals surface area contributed by atoms with Crippen molar-refractivity contribution in [3.05, 3.63) is 21.7 Å². The summed E-state index contributed by atoms with van der Waals surface area (Å²) < 4.78 is 6.08. The predicted octanol–water partition coefficient (Wildman–Crippen LogP) is 2.19. The number of ether oxygens (including phenoxy) is 1. The number of nitrogens with one attached hydrogen (secondary N) is 1. The summed E-state index contributed by atoms with van der Waals surface area (Å²) in [4.78, 5) is 0. The maximum atomic E-state index is 9.84. The van der Waals surface area contributed by atoms with E-state index < -0.39 is 0 Å². The maximum Gasteiger partial charge on any atom is 0.164 e. The van der Waals surface area contributed by atoms with Crippen LogP contribution in [0.5, 0.6) is 11.5 Å². The predicted molar refractivity (Wildman–Crippen MR) is 59.9 cm³/mol. The number of aromatic hydroxyl groups is 1. The van der Waals surface area contributed by atoms with E-state index in [-0.39, 0.29) is 5.75 Å². The lowest BCUT2D eigenvalue weighted by atomic mass is 10.1. The number of phenols is 1. The van der Waals surface area contributed by atoms with Crippen LogP contribution in [0, 0.1) is 6.92 Å². The Balaban J connectivity index is 3.27. The van der Waals surface area contributed by atoms with Gasteiger partial charge in [-0.05, 0) is 20.0 Å². The van der Waals surface area contributed by atoms with Crippen LogP contribution in [0.2, 0.25) is 0 Å². The Morgan fingerprint density at radius 1 is 1.57 bits per heavy atom. The molecular weight excluding hydrogens is 246 g/mol. The van der Waals surface area contributed by atoms with Gasteiger partial charge < -0.3 is 15.2 Å². The van der Waals surface area contributed by atoms with Gasteiger partial charge in [-0.15, -0.1) is 0 Å². The molecule has 0 aliphatic heterocycles. The third-order valence-corrected chi connectivity index (χ3v) is 2.91. The van der Waals surface area contributed by atoms with Crippen molar-refractivity contribution in [1.82, 2.24) is 5.32 Å². The summed E-state index contributed by atoms with van der Waals surface area (Å²) in [6, 6.07) is 1.89. The summed E-state index contributed by atoms with van der Waals surface area (Å²) in [5.41, 5.74) is 1.73. The standard InChI is InChI=1S/C10H14BrNO2/c1-6-8(11)4-7(5-12-2)9(13)10(6)14-3/h4,12-13H,5H2,1-3H3. The van der Waals surface area contributed by atoms with Gasteiger partial charge in [-0.2, -0.15) is 0 Å². The minimum atomic E-state index is 0.211. The molecule has 2 N–H and O–H groups in total. The number of halogens is 1. The van der Waals surface area contributed by atoms with Gasteiger partial charge >= 0.3 is 0 Å². The average Bonchev–Trinajstić information content (AvgIpc) is 2.16. The van der Waals surface area contributed by atoms with Crippen molar-refractivity contribution in [2.45, 2.75) is 13.5 Å². The molecule has 1 rings (SSSR count). The van der Waals surface area contributed by atoms with E-state index in [1.165, 1.54) is 0 Å². The van der Waals surface area contributed by atoms with Crippen molar-refractivity contribution in [2.24, 2.45) is 0 Å². The summed E-state index contributed by atoms with van der Waals surface area (Å²) in [6.45, 7) is 2.51. The summed E-state index contributed by atoms with van der Waals surface area (Å²) in [7, 11) is 3.39. The molecular formula is C10H14BrNO2. The molecule has 0 unspecified atom stereocenters. The monoisotopic (exact) mass is 259 g/mol. The Hall–Kier alpha value is -0.740. The van der Waals surface area contributed by atoms with Crippen LogP contribution < -0.4 is 10.1 Å². The highest BCUT2D eigenvalue weighted by Crippen LogP contribution is 2.37. The molecule has 0 atom stereocenters. The van der Waals surface area contributed by atoms with Gasteiger partial charge in [-0.25, -0.2) is 0 Å². The van der Waals surface area contributed by atoms with Gasteiger partial charge in [0.1, 0.15) is 0 Å². The van der Waals surface area contributed by atoms with E-state index in [1.807, 2.05) is 20.0 Å². The van der Waals surface area contributed by atoms with Crippen LogP contribution in [-0.4, -0.2) is 19.3 Å². The fourth-order valence-electron chi connectivity index (χ4n) is 1.34. The first-order chi connectivity index (χ1) is 6.61. The van der Waals surface area contributed by atoms with Crippen LogP contribution in [-0.2, 0) is 6.54 Å². The Morgan fingerprint density at radius 2 is 2.21 bits per heavy atom. The molecule has 1 aromatic rings. The van der Waals surface area contributed by atoms with Crippen molar-refractivity contribution >= 4 is 15.9 Å². The van der Waals surface area contributed by atoms with E-state index in [1.54, 1.807) is 7.11 Å². The molecule has 0 spiro atoms. The fourth-order valence-corrected chi connectivity index (χ4v) is 1.79. The number of benzene rings is 1. The second kappa shape index (κ2) is 4.66. The molecule has 4 heteroatoms. The smallest absolute Gasteiger partial charge is 0.164 e. The highest BCUT2D eigenvalue weighted by Gasteiger charge is 2.13. The van der Waals surface area contributed by atoms with E-state index in [0.717, 1.165) is 15.6 Å². The topological polar surface area (TPSA) is 41.5 Å². The van der Waals surface area contributed by atoms with Crippen LogP contribution in [0.1, 0.15) is 11.1 Å². The van der Waals surface area contributed by atoms with Crippen LogP contribution >= 0.6 is 15.9 Å². The van der Waals surface area contributed by atoms with Gasteiger partial charge in [0.2, 0.25) is 0 Å². The number of methoxy groups -OCH3 is 1. The normalized spacial score (nSPS) is 10.3. The first-order valence-electron chi connectivity index (χ1n) is 4.31.